The Kier molecular flexibility index (Phi) is 6.65. The van der Waals surface area contributed by atoms with E-state index in [0.29, 0.717) is 10.5 Å². The molecule has 1 heterocycles. The summed E-state index contributed by atoms with van der Waals surface area (Å²) in [6.45, 7) is 2.28. The highest BCUT2D eigenvalue weighted by atomic mass is 32.2. The lowest BCUT2D eigenvalue weighted by Crippen LogP contribution is -2.30. The van der Waals surface area contributed by atoms with E-state index in [0.717, 1.165) is 21.3 Å². The van der Waals surface area contributed by atoms with Crippen molar-refractivity contribution in [3.8, 4) is 11.4 Å². The number of benzene rings is 2. The second-order valence-electron chi connectivity index (χ2n) is 5.67. The van der Waals surface area contributed by atoms with Crippen LogP contribution in [-0.4, -0.2) is 28.0 Å². The molecule has 140 valence electrons. The van der Waals surface area contributed by atoms with Crippen LogP contribution >= 0.6 is 35.3 Å². The third-order valence-corrected chi connectivity index (χ3v) is 6.24. The number of aromatic nitrogens is 2. The minimum Gasteiger partial charge on any atom is -0.496 e. The lowest BCUT2D eigenvalue weighted by Gasteiger charge is -2.12. The predicted octanol–water partition coefficient (Wildman–Crippen LogP) is 4.47. The molecule has 0 radical (unpaired) electrons. The second-order valence-corrected chi connectivity index (χ2v) is 8.88. The van der Waals surface area contributed by atoms with Crippen molar-refractivity contribution >= 4 is 41.2 Å². The Bertz CT molecular complexity index is 970. The van der Waals surface area contributed by atoms with Gasteiger partial charge in [-0.05, 0) is 37.3 Å². The third-order valence-electron chi connectivity index (χ3n) is 3.82. The van der Waals surface area contributed by atoms with Gasteiger partial charge in [0, 0.05) is 12.1 Å². The number of nitrogens with one attached hydrogen (secondary N) is 1. The topological polar surface area (TPSA) is 56.1 Å². The molecule has 0 aliphatic heterocycles. The fourth-order valence-corrected chi connectivity index (χ4v) is 4.95. The van der Waals surface area contributed by atoms with Crippen LogP contribution in [0.25, 0.3) is 5.69 Å². The number of rotatable bonds is 7. The molecule has 1 atom stereocenters. The molecule has 5 nitrogen and oxygen atoms in total. The van der Waals surface area contributed by atoms with E-state index in [1.54, 1.807) is 11.8 Å². The van der Waals surface area contributed by atoms with Crippen molar-refractivity contribution in [2.45, 2.75) is 23.1 Å². The fourth-order valence-electron chi connectivity index (χ4n) is 2.42. The first-order valence-electron chi connectivity index (χ1n) is 8.30. The SMILES string of the molecule is COc1ccccc1CNC(=O)[C@@H](C)Sc1nn(-c2ccccc2)c(=S)s1. The minimum atomic E-state index is -0.288. The van der Waals surface area contributed by atoms with Gasteiger partial charge in [0.25, 0.3) is 0 Å². The molecular formula is C19H19N3O2S3. The summed E-state index contributed by atoms with van der Waals surface area (Å²) in [5.74, 6) is 0.705. The molecule has 27 heavy (non-hydrogen) atoms. The molecule has 0 saturated carbocycles. The molecule has 1 aromatic heterocycles. The number of carbonyl (C=O) groups excluding carboxylic acids is 1. The van der Waals surface area contributed by atoms with E-state index >= 15 is 0 Å². The molecule has 0 aliphatic carbocycles. The van der Waals surface area contributed by atoms with Crippen LogP contribution in [0.3, 0.4) is 0 Å². The summed E-state index contributed by atoms with van der Waals surface area (Å²) in [6.07, 6.45) is 0. The number of amides is 1. The van der Waals surface area contributed by atoms with E-state index in [2.05, 4.69) is 10.4 Å². The normalized spacial score (nSPS) is 11.8. The summed E-state index contributed by atoms with van der Waals surface area (Å²) in [6, 6.07) is 17.4. The molecule has 0 fully saturated rings. The Balaban J connectivity index is 1.62. The highest BCUT2D eigenvalue weighted by Crippen LogP contribution is 2.28. The maximum absolute atomic E-state index is 12.5. The standard InChI is InChI=1S/C19H19N3O2S3/c1-13(17(23)20-12-14-8-6-7-11-16(14)24-2)26-18-21-22(19(25)27-18)15-9-4-3-5-10-15/h3-11,13H,12H2,1-2H3,(H,20,23)/t13-/m1/s1. The summed E-state index contributed by atoms with van der Waals surface area (Å²) in [5, 5.41) is 7.21. The molecule has 0 saturated heterocycles. The zero-order chi connectivity index (χ0) is 19.2. The van der Waals surface area contributed by atoms with E-state index in [1.165, 1.54) is 23.1 Å². The van der Waals surface area contributed by atoms with Gasteiger partial charge in [-0.2, -0.15) is 0 Å². The quantitative estimate of drug-likeness (QED) is 0.454. The summed E-state index contributed by atoms with van der Waals surface area (Å²) < 4.78 is 8.46. The average molecular weight is 418 g/mol. The minimum absolute atomic E-state index is 0.0571. The van der Waals surface area contributed by atoms with Crippen molar-refractivity contribution in [3.63, 3.8) is 0 Å². The van der Waals surface area contributed by atoms with Crippen LogP contribution in [0, 0.1) is 3.95 Å². The van der Waals surface area contributed by atoms with E-state index in [-0.39, 0.29) is 11.2 Å². The Labute approximate surface area is 171 Å². The van der Waals surface area contributed by atoms with Crippen molar-refractivity contribution < 1.29 is 9.53 Å². The molecule has 1 amide bonds. The molecule has 0 bridgehead atoms. The largest absolute Gasteiger partial charge is 0.496 e. The predicted molar refractivity (Wildman–Crippen MR) is 112 cm³/mol. The van der Waals surface area contributed by atoms with Crippen molar-refractivity contribution in [3.05, 3.63) is 64.1 Å². The lowest BCUT2D eigenvalue weighted by molar-refractivity contribution is -0.120. The molecule has 3 aromatic rings. The van der Waals surface area contributed by atoms with E-state index in [1.807, 2.05) is 61.5 Å². The maximum Gasteiger partial charge on any atom is 0.233 e. The van der Waals surface area contributed by atoms with E-state index in [4.69, 9.17) is 17.0 Å². The van der Waals surface area contributed by atoms with Crippen molar-refractivity contribution in [1.29, 1.82) is 0 Å². The number of carbonyl (C=O) groups is 1. The molecule has 1 N–H and O–H groups in total. The van der Waals surface area contributed by atoms with Crippen LogP contribution in [-0.2, 0) is 11.3 Å². The Hall–Kier alpha value is -2.16. The first-order valence-corrected chi connectivity index (χ1v) is 10.4. The second kappa shape index (κ2) is 9.16. The van der Waals surface area contributed by atoms with Crippen LogP contribution in [0.5, 0.6) is 5.75 Å². The van der Waals surface area contributed by atoms with Crippen molar-refractivity contribution in [2.24, 2.45) is 0 Å². The van der Waals surface area contributed by atoms with Gasteiger partial charge in [-0.1, -0.05) is 59.5 Å². The van der Waals surface area contributed by atoms with Gasteiger partial charge in [-0.3, -0.25) is 4.79 Å². The Morgan fingerprint density at radius 1 is 1.26 bits per heavy atom. The maximum atomic E-state index is 12.5. The molecule has 8 heteroatoms. The number of ether oxygens (including phenoxy) is 1. The van der Waals surface area contributed by atoms with Gasteiger partial charge in [-0.25, -0.2) is 4.68 Å². The average Bonchev–Trinajstić information content (AvgIpc) is 3.06. The van der Waals surface area contributed by atoms with Gasteiger partial charge >= 0.3 is 0 Å². The lowest BCUT2D eigenvalue weighted by atomic mass is 10.2. The zero-order valence-electron chi connectivity index (χ0n) is 14.9. The Morgan fingerprint density at radius 2 is 1.96 bits per heavy atom. The number of para-hydroxylation sites is 2. The van der Waals surface area contributed by atoms with E-state index in [9.17, 15) is 4.79 Å². The van der Waals surface area contributed by atoms with Crippen LogP contribution in [0.2, 0.25) is 0 Å². The van der Waals surface area contributed by atoms with Gasteiger partial charge in [0.2, 0.25) is 5.91 Å². The smallest absolute Gasteiger partial charge is 0.233 e. The van der Waals surface area contributed by atoms with Crippen LogP contribution < -0.4 is 10.1 Å². The highest BCUT2D eigenvalue weighted by molar-refractivity contribution is 8.02. The van der Waals surface area contributed by atoms with Gasteiger partial charge in [-0.15, -0.1) is 5.10 Å². The molecule has 0 unspecified atom stereocenters. The monoisotopic (exact) mass is 417 g/mol. The van der Waals surface area contributed by atoms with Gasteiger partial charge < -0.3 is 10.1 Å². The van der Waals surface area contributed by atoms with E-state index < -0.39 is 0 Å². The van der Waals surface area contributed by atoms with Crippen molar-refractivity contribution in [1.82, 2.24) is 15.1 Å². The van der Waals surface area contributed by atoms with Crippen LogP contribution in [0.4, 0.5) is 0 Å². The van der Waals surface area contributed by atoms with Crippen LogP contribution in [0.1, 0.15) is 12.5 Å². The highest BCUT2D eigenvalue weighted by Gasteiger charge is 2.17. The first kappa shape index (κ1) is 19.6. The summed E-state index contributed by atoms with van der Waals surface area (Å²) in [7, 11) is 1.62. The number of nitrogens with zero attached hydrogens (tertiary/aromatic N) is 2. The van der Waals surface area contributed by atoms with Crippen molar-refractivity contribution in [2.75, 3.05) is 7.11 Å². The summed E-state index contributed by atoms with van der Waals surface area (Å²) in [5.41, 5.74) is 1.86. The number of hydrogen-bond acceptors (Lipinski definition) is 6. The first-order chi connectivity index (χ1) is 13.1. The number of methoxy groups -OCH3 is 1. The number of hydrogen-bond donors (Lipinski definition) is 1. The zero-order valence-corrected chi connectivity index (χ0v) is 17.4. The fraction of sp³-hybridized carbons (Fsp3) is 0.211. The summed E-state index contributed by atoms with van der Waals surface area (Å²) in [4.78, 5) is 12.5. The van der Waals surface area contributed by atoms with Crippen LogP contribution in [0.15, 0.2) is 58.9 Å². The molecule has 0 spiro atoms. The summed E-state index contributed by atoms with van der Waals surface area (Å²) >= 11 is 8.22. The van der Waals surface area contributed by atoms with Gasteiger partial charge in [0.1, 0.15) is 5.75 Å². The van der Waals surface area contributed by atoms with Gasteiger partial charge in [0.05, 0.1) is 18.0 Å². The Morgan fingerprint density at radius 3 is 2.70 bits per heavy atom. The number of thioether (sulfide) groups is 1. The molecular weight excluding hydrogens is 398 g/mol. The molecule has 0 aliphatic rings. The van der Waals surface area contributed by atoms with Gasteiger partial charge in [0.15, 0.2) is 8.29 Å². The molecule has 3 rings (SSSR count). The molecule has 2 aromatic carbocycles. The third kappa shape index (κ3) is 4.97.